The Morgan fingerprint density at radius 3 is 0.966 bits per heavy atom. The van der Waals surface area contributed by atoms with E-state index in [-0.39, 0.29) is 31.1 Å². The molecular formula is C53H102O6. The lowest BCUT2D eigenvalue weighted by Gasteiger charge is -2.18. The molecule has 0 bridgehead atoms. The summed E-state index contributed by atoms with van der Waals surface area (Å²) in [5.41, 5.74) is 0. The Morgan fingerprint density at radius 1 is 0.356 bits per heavy atom. The van der Waals surface area contributed by atoms with Gasteiger partial charge in [-0.05, 0) is 31.1 Å². The highest BCUT2D eigenvalue weighted by atomic mass is 16.6. The first-order valence-electron chi connectivity index (χ1n) is 26.3. The maximum Gasteiger partial charge on any atom is 0.306 e. The molecule has 2 atom stereocenters. The molecule has 350 valence electrons. The highest BCUT2D eigenvalue weighted by molar-refractivity contribution is 5.71. The zero-order chi connectivity index (χ0) is 43.3. The van der Waals surface area contributed by atoms with Crippen LogP contribution in [0.2, 0.25) is 0 Å². The van der Waals surface area contributed by atoms with Gasteiger partial charge in [0, 0.05) is 19.3 Å². The number of carbonyl (C=O) groups excluding carboxylic acids is 3. The van der Waals surface area contributed by atoms with Crippen molar-refractivity contribution in [1.82, 2.24) is 0 Å². The van der Waals surface area contributed by atoms with Gasteiger partial charge in [-0.2, -0.15) is 0 Å². The molecule has 0 aliphatic carbocycles. The first-order chi connectivity index (χ1) is 28.8. The summed E-state index contributed by atoms with van der Waals surface area (Å²) in [4.78, 5) is 37.8. The Morgan fingerprint density at radius 2 is 0.644 bits per heavy atom. The predicted octanol–water partition coefficient (Wildman–Crippen LogP) is 16.9. The Balaban J connectivity index is 4.12. The zero-order valence-corrected chi connectivity index (χ0v) is 40.4. The third kappa shape index (κ3) is 45.8. The molecule has 59 heavy (non-hydrogen) atoms. The second-order valence-corrected chi connectivity index (χ2v) is 18.9. The second kappa shape index (κ2) is 45.9. The topological polar surface area (TPSA) is 78.9 Å². The Kier molecular flexibility index (Phi) is 44.7. The first-order valence-corrected chi connectivity index (χ1v) is 26.3. The third-order valence-electron chi connectivity index (χ3n) is 12.3. The monoisotopic (exact) mass is 835 g/mol. The number of hydrogen-bond acceptors (Lipinski definition) is 6. The van der Waals surface area contributed by atoms with Crippen molar-refractivity contribution in [2.24, 2.45) is 11.8 Å². The van der Waals surface area contributed by atoms with Crippen molar-refractivity contribution in [3.63, 3.8) is 0 Å². The molecule has 0 saturated heterocycles. The van der Waals surface area contributed by atoms with E-state index in [1.165, 1.54) is 180 Å². The van der Waals surface area contributed by atoms with Crippen LogP contribution in [0.4, 0.5) is 0 Å². The predicted molar refractivity (Wildman–Crippen MR) is 252 cm³/mol. The Bertz CT molecular complexity index is 902. The van der Waals surface area contributed by atoms with Crippen LogP contribution in [0.25, 0.3) is 0 Å². The second-order valence-electron chi connectivity index (χ2n) is 18.9. The van der Waals surface area contributed by atoms with Gasteiger partial charge in [-0.3, -0.25) is 14.4 Å². The van der Waals surface area contributed by atoms with E-state index in [4.69, 9.17) is 14.2 Å². The van der Waals surface area contributed by atoms with Crippen LogP contribution in [0.15, 0.2) is 0 Å². The minimum Gasteiger partial charge on any atom is -0.462 e. The quantitative estimate of drug-likeness (QED) is 0.0345. The molecule has 0 saturated carbocycles. The zero-order valence-electron chi connectivity index (χ0n) is 40.4. The number of carbonyl (C=O) groups is 3. The summed E-state index contributed by atoms with van der Waals surface area (Å²) < 4.78 is 16.7. The smallest absolute Gasteiger partial charge is 0.306 e. The van der Waals surface area contributed by atoms with E-state index in [9.17, 15) is 14.4 Å². The van der Waals surface area contributed by atoms with E-state index in [1.54, 1.807) is 0 Å². The van der Waals surface area contributed by atoms with E-state index in [2.05, 4.69) is 34.6 Å². The molecule has 0 aliphatic rings. The molecule has 0 amide bonds. The van der Waals surface area contributed by atoms with Crippen LogP contribution >= 0.6 is 0 Å². The first kappa shape index (κ1) is 57.4. The molecule has 0 spiro atoms. The van der Waals surface area contributed by atoms with Gasteiger partial charge in [0.25, 0.3) is 0 Å². The van der Waals surface area contributed by atoms with Gasteiger partial charge in [0.1, 0.15) is 13.2 Å². The van der Waals surface area contributed by atoms with Gasteiger partial charge in [0.2, 0.25) is 0 Å². The normalized spacial score (nSPS) is 12.5. The number of hydrogen-bond donors (Lipinski definition) is 0. The highest BCUT2D eigenvalue weighted by Gasteiger charge is 2.19. The van der Waals surface area contributed by atoms with Gasteiger partial charge in [-0.25, -0.2) is 0 Å². The molecule has 6 heteroatoms. The summed E-state index contributed by atoms with van der Waals surface area (Å²) in [5.74, 6) is 0.813. The SMILES string of the molecule is CCCCCCCCCCCCC(=O)OC[C@H](COC(=O)CCCCCCCCCCCCCCCCCCCCC(C)CC)OC(=O)CCCCCCCCC(C)C. The van der Waals surface area contributed by atoms with Crippen LogP contribution in [0.1, 0.15) is 291 Å². The Hall–Kier alpha value is -1.59. The minimum absolute atomic E-state index is 0.0648. The number of rotatable bonds is 47. The molecule has 6 nitrogen and oxygen atoms in total. The van der Waals surface area contributed by atoms with Gasteiger partial charge in [0.05, 0.1) is 0 Å². The van der Waals surface area contributed by atoms with Crippen molar-refractivity contribution in [1.29, 1.82) is 0 Å². The van der Waals surface area contributed by atoms with Crippen molar-refractivity contribution in [2.75, 3.05) is 13.2 Å². The lowest BCUT2D eigenvalue weighted by Crippen LogP contribution is -2.30. The van der Waals surface area contributed by atoms with Gasteiger partial charge in [-0.15, -0.1) is 0 Å². The molecule has 0 N–H and O–H groups in total. The molecular weight excluding hydrogens is 733 g/mol. The fourth-order valence-corrected chi connectivity index (χ4v) is 7.96. The molecule has 0 radical (unpaired) electrons. The van der Waals surface area contributed by atoms with Gasteiger partial charge in [0.15, 0.2) is 6.10 Å². The highest BCUT2D eigenvalue weighted by Crippen LogP contribution is 2.18. The summed E-state index contributed by atoms with van der Waals surface area (Å²) in [6.45, 7) is 11.3. The standard InChI is InChI=1S/C53H102O6/c1-6-8-9-10-11-12-24-27-33-38-43-51(54)57-46-50(59-53(56)45-40-35-30-29-31-36-41-48(3)4)47-58-52(55)44-39-34-28-25-22-20-18-16-14-13-15-17-19-21-23-26-32-37-42-49(5)7-2/h48-50H,6-47H2,1-5H3/t49?,50-/m1/s1. The summed E-state index contributed by atoms with van der Waals surface area (Å²) in [7, 11) is 0. The van der Waals surface area contributed by atoms with Gasteiger partial charge in [-0.1, -0.05) is 253 Å². The molecule has 0 heterocycles. The molecule has 0 aliphatic heterocycles. The van der Waals surface area contributed by atoms with E-state index in [0.29, 0.717) is 19.3 Å². The van der Waals surface area contributed by atoms with Crippen LogP contribution in [-0.4, -0.2) is 37.2 Å². The number of ether oxygens (including phenoxy) is 3. The summed E-state index contributed by atoms with van der Waals surface area (Å²) in [6.07, 6.45) is 46.8. The molecule has 0 aromatic heterocycles. The Labute approximate surface area is 368 Å². The molecule has 1 unspecified atom stereocenters. The van der Waals surface area contributed by atoms with Gasteiger partial charge >= 0.3 is 17.9 Å². The minimum atomic E-state index is -0.761. The maximum absolute atomic E-state index is 12.7. The molecule has 0 fully saturated rings. The van der Waals surface area contributed by atoms with Crippen LogP contribution in [0.3, 0.4) is 0 Å². The molecule has 0 aromatic rings. The lowest BCUT2D eigenvalue weighted by atomic mass is 9.99. The molecule has 0 aromatic carbocycles. The van der Waals surface area contributed by atoms with Crippen LogP contribution in [-0.2, 0) is 28.6 Å². The average molecular weight is 835 g/mol. The number of esters is 3. The lowest BCUT2D eigenvalue weighted by molar-refractivity contribution is -0.167. The summed E-state index contributed by atoms with van der Waals surface area (Å²) in [6, 6.07) is 0. The summed E-state index contributed by atoms with van der Waals surface area (Å²) >= 11 is 0. The number of unbranched alkanes of at least 4 members (excludes halogenated alkanes) is 31. The largest absolute Gasteiger partial charge is 0.462 e. The fraction of sp³-hybridized carbons (Fsp3) is 0.943. The van der Waals surface area contributed by atoms with Crippen molar-refractivity contribution >= 4 is 17.9 Å². The maximum atomic E-state index is 12.7. The van der Waals surface area contributed by atoms with Crippen molar-refractivity contribution in [2.45, 2.75) is 298 Å². The van der Waals surface area contributed by atoms with E-state index in [1.807, 2.05) is 0 Å². The van der Waals surface area contributed by atoms with Crippen LogP contribution in [0, 0.1) is 11.8 Å². The average Bonchev–Trinajstić information content (AvgIpc) is 3.22. The third-order valence-corrected chi connectivity index (χ3v) is 12.3. The summed E-state index contributed by atoms with van der Waals surface area (Å²) in [5, 5.41) is 0. The van der Waals surface area contributed by atoms with Crippen molar-refractivity contribution < 1.29 is 28.6 Å². The molecule has 0 rings (SSSR count). The fourth-order valence-electron chi connectivity index (χ4n) is 7.96. The van der Waals surface area contributed by atoms with Crippen molar-refractivity contribution in [3.8, 4) is 0 Å². The van der Waals surface area contributed by atoms with E-state index in [0.717, 1.165) is 69.6 Å². The van der Waals surface area contributed by atoms with Crippen molar-refractivity contribution in [3.05, 3.63) is 0 Å². The van der Waals surface area contributed by atoms with Crippen LogP contribution in [0.5, 0.6) is 0 Å². The van der Waals surface area contributed by atoms with Crippen LogP contribution < -0.4 is 0 Å². The van der Waals surface area contributed by atoms with Gasteiger partial charge < -0.3 is 14.2 Å². The van der Waals surface area contributed by atoms with E-state index < -0.39 is 6.10 Å². The van der Waals surface area contributed by atoms with E-state index >= 15 is 0 Å².